The summed E-state index contributed by atoms with van der Waals surface area (Å²) in [7, 11) is 1.77. The molecule has 0 atom stereocenters. The van der Waals surface area contributed by atoms with Gasteiger partial charge in [-0.15, -0.1) is 0 Å². The summed E-state index contributed by atoms with van der Waals surface area (Å²) in [5.41, 5.74) is 6.84. The number of primary amides is 1. The standard InChI is InChI=1S/C15H19N5O2/c1-22-12-4-2-11(3-5-12)20-9-10(6-18-20)13-7-17-8-14(19-13)15(16)21/h6-9,11-12H,2-5H2,1H3,(H2,16,21). The summed E-state index contributed by atoms with van der Waals surface area (Å²) in [6, 6.07) is 0.382. The zero-order chi connectivity index (χ0) is 15.5. The molecule has 0 aromatic carbocycles. The number of hydrogen-bond donors (Lipinski definition) is 1. The number of ether oxygens (including phenoxy) is 1. The Labute approximate surface area is 128 Å². The van der Waals surface area contributed by atoms with Crippen LogP contribution >= 0.6 is 0 Å². The normalized spacial score (nSPS) is 21.7. The molecule has 7 nitrogen and oxygen atoms in total. The van der Waals surface area contributed by atoms with E-state index >= 15 is 0 Å². The van der Waals surface area contributed by atoms with E-state index in [4.69, 9.17) is 10.5 Å². The highest BCUT2D eigenvalue weighted by Crippen LogP contribution is 2.30. The number of nitrogens with two attached hydrogens (primary N) is 1. The number of aromatic nitrogens is 4. The maximum atomic E-state index is 11.2. The summed E-state index contributed by atoms with van der Waals surface area (Å²) >= 11 is 0. The second-order valence-corrected chi connectivity index (χ2v) is 5.53. The minimum atomic E-state index is -0.584. The van der Waals surface area contributed by atoms with Crippen molar-refractivity contribution >= 4 is 5.91 Å². The fraction of sp³-hybridized carbons (Fsp3) is 0.467. The first-order valence-electron chi connectivity index (χ1n) is 7.36. The quantitative estimate of drug-likeness (QED) is 0.924. The van der Waals surface area contributed by atoms with Crippen molar-refractivity contribution in [1.82, 2.24) is 19.7 Å². The van der Waals surface area contributed by atoms with E-state index in [0.717, 1.165) is 31.2 Å². The zero-order valence-corrected chi connectivity index (χ0v) is 12.5. The minimum Gasteiger partial charge on any atom is -0.381 e. The van der Waals surface area contributed by atoms with Crippen LogP contribution in [0, 0.1) is 0 Å². The summed E-state index contributed by atoms with van der Waals surface area (Å²) in [4.78, 5) is 19.4. The van der Waals surface area contributed by atoms with Gasteiger partial charge in [0.2, 0.25) is 0 Å². The number of carbonyl (C=O) groups is 1. The molecule has 2 aromatic rings. The van der Waals surface area contributed by atoms with Gasteiger partial charge in [-0.25, -0.2) is 4.98 Å². The van der Waals surface area contributed by atoms with Gasteiger partial charge in [0, 0.05) is 18.9 Å². The van der Waals surface area contributed by atoms with Gasteiger partial charge < -0.3 is 10.5 Å². The van der Waals surface area contributed by atoms with Crippen molar-refractivity contribution < 1.29 is 9.53 Å². The first-order valence-corrected chi connectivity index (χ1v) is 7.36. The van der Waals surface area contributed by atoms with Crippen LogP contribution < -0.4 is 5.73 Å². The number of rotatable bonds is 4. The minimum absolute atomic E-state index is 0.158. The second kappa shape index (κ2) is 6.23. The Hall–Kier alpha value is -2.28. The van der Waals surface area contributed by atoms with Crippen LogP contribution in [0.4, 0.5) is 0 Å². The Morgan fingerprint density at radius 2 is 2.05 bits per heavy atom. The molecule has 0 bridgehead atoms. The van der Waals surface area contributed by atoms with E-state index in [1.807, 2.05) is 10.9 Å². The fourth-order valence-corrected chi connectivity index (χ4v) is 2.84. The van der Waals surface area contributed by atoms with Gasteiger partial charge >= 0.3 is 0 Å². The largest absolute Gasteiger partial charge is 0.381 e. The lowest BCUT2D eigenvalue weighted by molar-refractivity contribution is 0.0568. The average Bonchev–Trinajstić information content (AvgIpc) is 3.05. The Kier molecular flexibility index (Phi) is 4.15. The van der Waals surface area contributed by atoms with Crippen molar-refractivity contribution in [2.24, 2.45) is 5.73 Å². The lowest BCUT2D eigenvalue weighted by atomic mass is 9.93. The SMILES string of the molecule is COC1CCC(n2cc(-c3cncc(C(N)=O)n3)cn2)CC1. The van der Waals surface area contributed by atoms with Crippen molar-refractivity contribution in [2.45, 2.75) is 37.8 Å². The van der Waals surface area contributed by atoms with E-state index in [1.54, 1.807) is 19.5 Å². The summed E-state index contributed by atoms with van der Waals surface area (Å²) < 4.78 is 7.37. The number of hydrogen-bond acceptors (Lipinski definition) is 5. The Bertz CT molecular complexity index is 661. The molecule has 116 valence electrons. The second-order valence-electron chi connectivity index (χ2n) is 5.53. The van der Waals surface area contributed by atoms with E-state index in [1.165, 1.54) is 6.20 Å². The van der Waals surface area contributed by atoms with Gasteiger partial charge in [0.05, 0.1) is 36.4 Å². The van der Waals surface area contributed by atoms with Crippen LogP contribution in [-0.2, 0) is 4.74 Å². The van der Waals surface area contributed by atoms with Crippen molar-refractivity contribution in [3.63, 3.8) is 0 Å². The van der Waals surface area contributed by atoms with E-state index < -0.39 is 5.91 Å². The topological polar surface area (TPSA) is 95.9 Å². The molecule has 2 N–H and O–H groups in total. The molecule has 22 heavy (non-hydrogen) atoms. The molecule has 3 rings (SSSR count). The maximum absolute atomic E-state index is 11.2. The van der Waals surface area contributed by atoms with Crippen LogP contribution in [0.1, 0.15) is 42.2 Å². The van der Waals surface area contributed by atoms with Gasteiger partial charge in [0.25, 0.3) is 5.91 Å². The molecule has 0 spiro atoms. The van der Waals surface area contributed by atoms with Crippen LogP contribution in [0.5, 0.6) is 0 Å². The fourth-order valence-electron chi connectivity index (χ4n) is 2.84. The molecule has 0 aliphatic heterocycles. The summed E-state index contributed by atoms with van der Waals surface area (Å²) in [6.07, 6.45) is 11.2. The average molecular weight is 301 g/mol. The Morgan fingerprint density at radius 1 is 1.27 bits per heavy atom. The summed E-state index contributed by atoms with van der Waals surface area (Å²) in [5, 5.41) is 4.43. The number of amides is 1. The predicted molar refractivity (Wildman–Crippen MR) is 80.1 cm³/mol. The maximum Gasteiger partial charge on any atom is 0.268 e. The van der Waals surface area contributed by atoms with E-state index in [0.29, 0.717) is 17.8 Å². The smallest absolute Gasteiger partial charge is 0.268 e. The van der Waals surface area contributed by atoms with E-state index in [2.05, 4.69) is 15.1 Å². The molecule has 1 fully saturated rings. The lowest BCUT2D eigenvalue weighted by Crippen LogP contribution is -2.22. The van der Waals surface area contributed by atoms with Gasteiger partial charge in [-0.3, -0.25) is 14.5 Å². The number of methoxy groups -OCH3 is 1. The van der Waals surface area contributed by atoms with Crippen LogP contribution in [-0.4, -0.2) is 38.9 Å². The van der Waals surface area contributed by atoms with Crippen LogP contribution in [0.15, 0.2) is 24.8 Å². The monoisotopic (exact) mass is 301 g/mol. The predicted octanol–water partition coefficient (Wildman–Crippen LogP) is 1.57. The molecule has 2 aromatic heterocycles. The Balaban J connectivity index is 1.76. The third-order valence-corrected chi connectivity index (χ3v) is 4.14. The van der Waals surface area contributed by atoms with Gasteiger partial charge in [-0.2, -0.15) is 5.10 Å². The summed E-state index contributed by atoms with van der Waals surface area (Å²) in [5.74, 6) is -0.584. The molecule has 0 radical (unpaired) electrons. The van der Waals surface area contributed by atoms with Gasteiger partial charge in [-0.05, 0) is 25.7 Å². The van der Waals surface area contributed by atoms with E-state index in [-0.39, 0.29) is 5.69 Å². The van der Waals surface area contributed by atoms with Crippen molar-refractivity contribution in [3.8, 4) is 11.3 Å². The van der Waals surface area contributed by atoms with Crippen molar-refractivity contribution in [3.05, 3.63) is 30.5 Å². The van der Waals surface area contributed by atoms with Crippen molar-refractivity contribution in [2.75, 3.05) is 7.11 Å². The van der Waals surface area contributed by atoms with E-state index in [9.17, 15) is 4.79 Å². The highest BCUT2D eigenvalue weighted by atomic mass is 16.5. The molecule has 1 amide bonds. The molecular weight excluding hydrogens is 282 g/mol. The summed E-state index contributed by atoms with van der Waals surface area (Å²) in [6.45, 7) is 0. The third kappa shape index (κ3) is 2.99. The Morgan fingerprint density at radius 3 is 2.73 bits per heavy atom. The third-order valence-electron chi connectivity index (χ3n) is 4.14. The first-order chi connectivity index (χ1) is 10.7. The molecule has 1 aliphatic rings. The number of carbonyl (C=O) groups excluding carboxylic acids is 1. The van der Waals surface area contributed by atoms with Crippen LogP contribution in [0.3, 0.4) is 0 Å². The zero-order valence-electron chi connectivity index (χ0n) is 12.5. The first kappa shape index (κ1) is 14.6. The molecule has 7 heteroatoms. The van der Waals surface area contributed by atoms with Crippen LogP contribution in [0.2, 0.25) is 0 Å². The van der Waals surface area contributed by atoms with Gasteiger partial charge in [0.15, 0.2) is 0 Å². The molecule has 2 heterocycles. The molecule has 0 unspecified atom stereocenters. The van der Waals surface area contributed by atoms with Crippen molar-refractivity contribution in [1.29, 1.82) is 0 Å². The van der Waals surface area contributed by atoms with Gasteiger partial charge in [0.1, 0.15) is 5.69 Å². The molecular formula is C15H19N5O2. The molecule has 1 aliphatic carbocycles. The highest BCUT2D eigenvalue weighted by Gasteiger charge is 2.22. The highest BCUT2D eigenvalue weighted by molar-refractivity contribution is 5.90. The lowest BCUT2D eigenvalue weighted by Gasteiger charge is -2.27. The molecule has 0 saturated heterocycles. The van der Waals surface area contributed by atoms with Gasteiger partial charge in [-0.1, -0.05) is 0 Å². The van der Waals surface area contributed by atoms with Crippen LogP contribution in [0.25, 0.3) is 11.3 Å². The molecule has 1 saturated carbocycles. The number of nitrogens with zero attached hydrogens (tertiary/aromatic N) is 4.